The fourth-order valence-electron chi connectivity index (χ4n) is 2.36. The number of aryl methyl sites for hydroxylation is 2. The van der Waals surface area contributed by atoms with Crippen LogP contribution in [-0.2, 0) is 0 Å². The summed E-state index contributed by atoms with van der Waals surface area (Å²) in [7, 11) is 1.48. The highest BCUT2D eigenvalue weighted by molar-refractivity contribution is 5.44. The van der Waals surface area contributed by atoms with Gasteiger partial charge in [-0.3, -0.25) is 0 Å². The number of hydrogen-bond acceptors (Lipinski definition) is 2. The van der Waals surface area contributed by atoms with Crippen molar-refractivity contribution in [2.45, 2.75) is 45.6 Å². The summed E-state index contributed by atoms with van der Waals surface area (Å²) in [5, 5.41) is 2.53. The Labute approximate surface area is 122 Å². The highest BCUT2D eigenvalue weighted by Crippen LogP contribution is 2.38. The van der Waals surface area contributed by atoms with Crippen molar-refractivity contribution in [3.05, 3.63) is 28.8 Å². The van der Waals surface area contributed by atoms with Crippen LogP contribution in [0.3, 0.4) is 0 Å². The third-order valence-corrected chi connectivity index (χ3v) is 3.29. The zero-order chi connectivity index (χ0) is 16.2. The molecule has 1 atom stereocenters. The van der Waals surface area contributed by atoms with Crippen molar-refractivity contribution in [3.63, 3.8) is 0 Å². The molecule has 1 N–H and O–H groups in total. The third-order valence-electron chi connectivity index (χ3n) is 3.29. The summed E-state index contributed by atoms with van der Waals surface area (Å²) in [6, 6.07) is 1.21. The summed E-state index contributed by atoms with van der Waals surface area (Å²) in [4.78, 5) is 0. The molecule has 120 valence electrons. The van der Waals surface area contributed by atoms with Crippen LogP contribution in [0.15, 0.2) is 12.1 Å². The van der Waals surface area contributed by atoms with Crippen LogP contribution in [0, 0.1) is 13.8 Å². The van der Waals surface area contributed by atoms with Crippen LogP contribution in [0.25, 0.3) is 0 Å². The van der Waals surface area contributed by atoms with Crippen LogP contribution in [0.2, 0.25) is 0 Å². The normalized spacial score (nSPS) is 13.6. The number of ether oxygens (including phenoxy) is 1. The molecule has 0 spiro atoms. The minimum atomic E-state index is -4.14. The predicted molar refractivity (Wildman–Crippen MR) is 74.5 cm³/mol. The third kappa shape index (κ3) is 3.87. The van der Waals surface area contributed by atoms with Crippen molar-refractivity contribution in [1.82, 2.24) is 5.32 Å². The SMILES string of the molecule is CCCNC(c1cc(C)c(OC)c(C)c1)C(F)(F)C(F)F. The van der Waals surface area contributed by atoms with Gasteiger partial charge in [0.25, 0.3) is 0 Å². The van der Waals surface area contributed by atoms with E-state index >= 15 is 0 Å². The quantitative estimate of drug-likeness (QED) is 0.760. The second-order valence-corrected chi connectivity index (χ2v) is 5.05. The highest BCUT2D eigenvalue weighted by Gasteiger charge is 2.49. The molecule has 21 heavy (non-hydrogen) atoms. The molecule has 1 unspecified atom stereocenters. The van der Waals surface area contributed by atoms with Crippen molar-refractivity contribution >= 4 is 0 Å². The number of rotatable bonds is 7. The second-order valence-electron chi connectivity index (χ2n) is 5.05. The Morgan fingerprint density at radius 2 is 1.71 bits per heavy atom. The minimum Gasteiger partial charge on any atom is -0.496 e. The van der Waals surface area contributed by atoms with Crippen LogP contribution < -0.4 is 10.1 Å². The van der Waals surface area contributed by atoms with Gasteiger partial charge >= 0.3 is 12.3 Å². The fraction of sp³-hybridized carbons (Fsp3) is 0.600. The van der Waals surface area contributed by atoms with E-state index in [9.17, 15) is 17.6 Å². The molecule has 1 aromatic carbocycles. The van der Waals surface area contributed by atoms with E-state index in [1.165, 1.54) is 19.2 Å². The van der Waals surface area contributed by atoms with Crippen molar-refractivity contribution in [2.75, 3.05) is 13.7 Å². The number of nitrogens with one attached hydrogen (secondary N) is 1. The van der Waals surface area contributed by atoms with Gasteiger partial charge in [-0.05, 0) is 43.5 Å². The van der Waals surface area contributed by atoms with Gasteiger partial charge in [-0.1, -0.05) is 19.1 Å². The zero-order valence-corrected chi connectivity index (χ0v) is 12.6. The zero-order valence-electron chi connectivity index (χ0n) is 12.6. The highest BCUT2D eigenvalue weighted by atomic mass is 19.3. The molecule has 0 heterocycles. The van der Waals surface area contributed by atoms with Crippen LogP contribution in [0.4, 0.5) is 17.6 Å². The lowest BCUT2D eigenvalue weighted by molar-refractivity contribution is -0.151. The van der Waals surface area contributed by atoms with Crippen LogP contribution >= 0.6 is 0 Å². The van der Waals surface area contributed by atoms with E-state index in [1.807, 2.05) is 0 Å². The number of hydrogen-bond donors (Lipinski definition) is 1. The Morgan fingerprint density at radius 3 is 2.10 bits per heavy atom. The maximum atomic E-state index is 13.8. The molecule has 0 aliphatic heterocycles. The summed E-state index contributed by atoms with van der Waals surface area (Å²) in [5.41, 5.74) is 1.42. The van der Waals surface area contributed by atoms with Crippen LogP contribution in [-0.4, -0.2) is 26.0 Å². The summed E-state index contributed by atoms with van der Waals surface area (Å²) in [6.45, 7) is 5.42. The molecule has 1 aromatic rings. The van der Waals surface area contributed by atoms with Gasteiger partial charge in [0.05, 0.1) is 7.11 Å². The largest absolute Gasteiger partial charge is 0.496 e. The van der Waals surface area contributed by atoms with E-state index in [4.69, 9.17) is 4.74 Å². The van der Waals surface area contributed by atoms with E-state index in [0.29, 0.717) is 23.3 Å². The number of halogens is 4. The van der Waals surface area contributed by atoms with E-state index in [0.717, 1.165) is 0 Å². The van der Waals surface area contributed by atoms with Crippen molar-refractivity contribution in [3.8, 4) is 5.75 Å². The van der Waals surface area contributed by atoms with Crippen LogP contribution in [0.5, 0.6) is 5.75 Å². The molecule has 0 aromatic heterocycles. The van der Waals surface area contributed by atoms with Gasteiger partial charge in [0.15, 0.2) is 0 Å². The molecule has 0 aliphatic carbocycles. The Balaban J connectivity index is 3.27. The smallest absolute Gasteiger partial charge is 0.326 e. The van der Waals surface area contributed by atoms with Gasteiger partial charge in [0.2, 0.25) is 0 Å². The lowest BCUT2D eigenvalue weighted by Crippen LogP contribution is -2.43. The first kappa shape index (κ1) is 17.8. The molecule has 0 fully saturated rings. The van der Waals surface area contributed by atoms with E-state index in [-0.39, 0.29) is 12.1 Å². The molecule has 0 aliphatic rings. The van der Waals surface area contributed by atoms with Gasteiger partial charge in [-0.2, -0.15) is 8.78 Å². The lowest BCUT2D eigenvalue weighted by atomic mass is 9.96. The molecule has 0 saturated carbocycles. The standard InChI is InChI=1S/C15H21F4NO/c1-5-6-20-13(15(18,19)14(16)17)11-7-9(2)12(21-4)10(3)8-11/h7-8,13-14,20H,5-6H2,1-4H3. The van der Waals surface area contributed by atoms with Gasteiger partial charge in [0.1, 0.15) is 11.8 Å². The van der Waals surface area contributed by atoms with Gasteiger partial charge < -0.3 is 10.1 Å². The van der Waals surface area contributed by atoms with E-state index in [2.05, 4.69) is 5.32 Å². The first-order valence-electron chi connectivity index (χ1n) is 6.80. The average Bonchev–Trinajstić information content (AvgIpc) is 2.38. The number of alkyl halides is 4. The molecular formula is C15H21F4NO. The second kappa shape index (κ2) is 7.11. The maximum absolute atomic E-state index is 13.8. The summed E-state index contributed by atoms with van der Waals surface area (Å²) in [5.74, 6) is -3.56. The average molecular weight is 307 g/mol. The Hall–Kier alpha value is -1.30. The minimum absolute atomic E-state index is 0.143. The molecule has 0 bridgehead atoms. The molecule has 1 rings (SSSR count). The van der Waals surface area contributed by atoms with Gasteiger partial charge in [0, 0.05) is 0 Å². The number of methoxy groups -OCH3 is 1. The molecular weight excluding hydrogens is 286 g/mol. The molecule has 0 saturated heterocycles. The summed E-state index contributed by atoms with van der Waals surface area (Å²) in [6.07, 6.45) is -3.15. The Morgan fingerprint density at radius 1 is 1.19 bits per heavy atom. The van der Waals surface area contributed by atoms with Crippen molar-refractivity contribution in [2.24, 2.45) is 0 Å². The molecule has 2 nitrogen and oxygen atoms in total. The van der Waals surface area contributed by atoms with Gasteiger partial charge in [-0.15, -0.1) is 0 Å². The van der Waals surface area contributed by atoms with Gasteiger partial charge in [-0.25, -0.2) is 8.78 Å². The van der Waals surface area contributed by atoms with E-state index in [1.54, 1.807) is 20.8 Å². The first-order chi connectivity index (χ1) is 9.75. The monoisotopic (exact) mass is 307 g/mol. The Kier molecular flexibility index (Phi) is 6.01. The lowest BCUT2D eigenvalue weighted by Gasteiger charge is -2.28. The number of benzene rings is 1. The maximum Gasteiger partial charge on any atom is 0.326 e. The molecule has 6 heteroatoms. The predicted octanol–water partition coefficient (Wildman–Crippen LogP) is 4.25. The fourth-order valence-corrected chi connectivity index (χ4v) is 2.36. The van der Waals surface area contributed by atoms with Crippen molar-refractivity contribution in [1.29, 1.82) is 0 Å². The van der Waals surface area contributed by atoms with E-state index < -0.39 is 18.4 Å². The topological polar surface area (TPSA) is 21.3 Å². The van der Waals surface area contributed by atoms with Crippen molar-refractivity contribution < 1.29 is 22.3 Å². The first-order valence-corrected chi connectivity index (χ1v) is 6.80. The summed E-state index contributed by atoms with van der Waals surface area (Å²) < 4.78 is 58.2. The van der Waals surface area contributed by atoms with Crippen LogP contribution in [0.1, 0.15) is 36.1 Å². The Bertz CT molecular complexity index is 454. The molecule has 0 amide bonds. The summed E-state index contributed by atoms with van der Waals surface area (Å²) >= 11 is 0. The molecule has 0 radical (unpaired) electrons.